The molecular formula is C17H22N6O6. The van der Waals surface area contributed by atoms with Crippen molar-refractivity contribution in [1.29, 1.82) is 0 Å². The molecule has 156 valence electrons. The fourth-order valence-electron chi connectivity index (χ4n) is 4.97. The SMILES string of the molecule is O=[N+]([O-])OC[C@H]1O[C@@H](n2cnc3c(NC4CC5CCC4C5)ncnc32)[C@H](O)[C@@H]1O. The average molecular weight is 406 g/mol. The molecule has 5 rings (SSSR count). The van der Waals surface area contributed by atoms with Crippen LogP contribution in [0.25, 0.3) is 11.2 Å². The van der Waals surface area contributed by atoms with Crippen LogP contribution in [0.3, 0.4) is 0 Å². The highest BCUT2D eigenvalue weighted by molar-refractivity contribution is 5.82. The molecule has 2 bridgehead atoms. The van der Waals surface area contributed by atoms with Crippen LogP contribution in [-0.4, -0.2) is 65.8 Å². The summed E-state index contributed by atoms with van der Waals surface area (Å²) in [4.78, 5) is 27.7. The van der Waals surface area contributed by atoms with Crippen molar-refractivity contribution in [3.63, 3.8) is 0 Å². The Morgan fingerprint density at radius 1 is 1.28 bits per heavy atom. The Bertz CT molecular complexity index is 923. The third-order valence-electron chi connectivity index (χ3n) is 6.37. The lowest BCUT2D eigenvalue weighted by atomic mass is 9.95. The quantitative estimate of drug-likeness (QED) is 0.448. The summed E-state index contributed by atoms with van der Waals surface area (Å²) in [6.07, 6.45) is 3.10. The van der Waals surface area contributed by atoms with Crippen molar-refractivity contribution in [2.45, 2.75) is 56.3 Å². The molecule has 2 saturated carbocycles. The third kappa shape index (κ3) is 3.16. The van der Waals surface area contributed by atoms with Crippen LogP contribution in [0.4, 0.5) is 5.82 Å². The summed E-state index contributed by atoms with van der Waals surface area (Å²) in [6, 6.07) is 0.371. The number of rotatable bonds is 6. The predicted molar refractivity (Wildman–Crippen MR) is 97.1 cm³/mol. The molecule has 0 aromatic carbocycles. The Hall–Kier alpha value is -2.57. The van der Waals surface area contributed by atoms with Crippen molar-refractivity contribution in [3.8, 4) is 0 Å². The molecule has 2 aliphatic carbocycles. The van der Waals surface area contributed by atoms with Gasteiger partial charge in [0.05, 0.1) is 6.33 Å². The van der Waals surface area contributed by atoms with Gasteiger partial charge in [-0.05, 0) is 31.1 Å². The first-order valence-corrected chi connectivity index (χ1v) is 9.74. The highest BCUT2D eigenvalue weighted by atomic mass is 17.0. The second kappa shape index (κ2) is 7.04. The van der Waals surface area contributed by atoms with Crippen LogP contribution in [0.1, 0.15) is 31.9 Å². The molecule has 12 nitrogen and oxygen atoms in total. The van der Waals surface area contributed by atoms with Crippen molar-refractivity contribution in [3.05, 3.63) is 22.8 Å². The number of hydrogen-bond acceptors (Lipinski definition) is 10. The number of imidazole rings is 1. The van der Waals surface area contributed by atoms with Crippen LogP contribution >= 0.6 is 0 Å². The van der Waals surface area contributed by atoms with Gasteiger partial charge in [0.1, 0.15) is 31.2 Å². The average Bonchev–Trinajstić information content (AvgIpc) is 3.46. The second-order valence-electron chi connectivity index (χ2n) is 8.04. The van der Waals surface area contributed by atoms with Gasteiger partial charge in [0.25, 0.3) is 5.09 Å². The van der Waals surface area contributed by atoms with Crippen LogP contribution in [0.2, 0.25) is 0 Å². The Morgan fingerprint density at radius 2 is 2.14 bits per heavy atom. The fourth-order valence-corrected chi connectivity index (χ4v) is 4.97. The lowest BCUT2D eigenvalue weighted by Crippen LogP contribution is -2.34. The van der Waals surface area contributed by atoms with Crippen molar-refractivity contribution in [1.82, 2.24) is 19.5 Å². The number of hydrogen-bond donors (Lipinski definition) is 3. The summed E-state index contributed by atoms with van der Waals surface area (Å²) in [6.45, 7) is -0.486. The first kappa shape index (κ1) is 18.5. The van der Waals surface area contributed by atoms with Gasteiger partial charge in [-0.1, -0.05) is 6.42 Å². The number of fused-ring (bicyclic) bond motifs is 3. The maximum Gasteiger partial charge on any atom is 0.294 e. The van der Waals surface area contributed by atoms with E-state index < -0.39 is 36.2 Å². The molecule has 3 fully saturated rings. The van der Waals surface area contributed by atoms with Gasteiger partial charge in [0.2, 0.25) is 0 Å². The molecule has 3 N–H and O–H groups in total. The molecule has 2 aromatic heterocycles. The van der Waals surface area contributed by atoms with Gasteiger partial charge in [0, 0.05) is 6.04 Å². The van der Waals surface area contributed by atoms with Gasteiger partial charge in [-0.15, -0.1) is 10.1 Å². The summed E-state index contributed by atoms with van der Waals surface area (Å²) in [5.74, 6) is 2.08. The lowest BCUT2D eigenvalue weighted by Gasteiger charge is -2.23. The molecule has 0 spiro atoms. The van der Waals surface area contributed by atoms with E-state index in [0.29, 0.717) is 28.9 Å². The highest BCUT2D eigenvalue weighted by Gasteiger charge is 2.45. The van der Waals surface area contributed by atoms with Crippen LogP contribution in [0.5, 0.6) is 0 Å². The first-order chi connectivity index (χ1) is 14.0. The number of aliphatic hydroxyl groups is 2. The van der Waals surface area contributed by atoms with Gasteiger partial charge >= 0.3 is 0 Å². The molecule has 3 heterocycles. The third-order valence-corrected chi connectivity index (χ3v) is 6.37. The van der Waals surface area contributed by atoms with Crippen LogP contribution < -0.4 is 5.32 Å². The zero-order valence-corrected chi connectivity index (χ0v) is 15.5. The molecule has 0 radical (unpaired) electrons. The maximum atomic E-state index is 10.4. The van der Waals surface area contributed by atoms with Gasteiger partial charge < -0.3 is 25.1 Å². The molecule has 1 aliphatic heterocycles. The minimum atomic E-state index is -1.34. The van der Waals surface area contributed by atoms with Gasteiger partial charge in [-0.3, -0.25) is 4.57 Å². The summed E-state index contributed by atoms with van der Waals surface area (Å²) in [5, 5.41) is 33.5. The smallest absolute Gasteiger partial charge is 0.294 e. The van der Waals surface area contributed by atoms with Crippen molar-refractivity contribution >= 4 is 17.0 Å². The summed E-state index contributed by atoms with van der Waals surface area (Å²) >= 11 is 0. The number of ether oxygens (including phenoxy) is 1. The number of nitrogens with zero attached hydrogens (tertiary/aromatic N) is 5. The van der Waals surface area contributed by atoms with E-state index in [4.69, 9.17) is 4.74 Å². The Labute approximate surface area is 165 Å². The molecule has 7 atom stereocenters. The Morgan fingerprint density at radius 3 is 2.86 bits per heavy atom. The minimum Gasteiger partial charge on any atom is -0.387 e. The summed E-state index contributed by atoms with van der Waals surface area (Å²) < 4.78 is 7.12. The minimum absolute atomic E-state index is 0.371. The molecule has 2 aromatic rings. The second-order valence-corrected chi connectivity index (χ2v) is 8.04. The monoisotopic (exact) mass is 406 g/mol. The van der Waals surface area contributed by atoms with E-state index in [2.05, 4.69) is 25.1 Å². The largest absolute Gasteiger partial charge is 0.387 e. The topological polar surface area (TPSA) is 158 Å². The Balaban J connectivity index is 1.38. The molecule has 0 amide bonds. The van der Waals surface area contributed by atoms with E-state index in [0.717, 1.165) is 12.3 Å². The highest BCUT2D eigenvalue weighted by Crippen LogP contribution is 2.45. The van der Waals surface area contributed by atoms with E-state index in [1.807, 2.05) is 0 Å². The molecule has 3 aliphatic rings. The molecule has 12 heteroatoms. The standard InChI is InChI=1S/C17H22N6O6/c24-13-11(5-28-23(26)27)29-17(14(13)25)22-7-20-12-15(18-6-19-16(12)22)21-10-4-8-1-2-9(10)3-8/h6-11,13-14,17,24-25H,1-5H2,(H,18,19,21)/t8?,9?,10?,11-,13-,14-,17-/m1/s1. The summed E-state index contributed by atoms with van der Waals surface area (Å²) in [7, 11) is 0. The summed E-state index contributed by atoms with van der Waals surface area (Å²) in [5.41, 5.74) is 0.989. The maximum absolute atomic E-state index is 10.4. The van der Waals surface area contributed by atoms with E-state index >= 15 is 0 Å². The molecular weight excluding hydrogens is 384 g/mol. The molecule has 1 saturated heterocycles. The van der Waals surface area contributed by atoms with Crippen LogP contribution in [-0.2, 0) is 9.57 Å². The number of nitrogens with one attached hydrogen (secondary N) is 1. The van der Waals surface area contributed by atoms with Crippen LogP contribution in [0, 0.1) is 22.0 Å². The number of aromatic nitrogens is 4. The van der Waals surface area contributed by atoms with E-state index in [1.165, 1.54) is 36.5 Å². The van der Waals surface area contributed by atoms with Crippen LogP contribution in [0.15, 0.2) is 12.7 Å². The normalized spacial score (nSPS) is 36.0. The van der Waals surface area contributed by atoms with Gasteiger partial charge in [-0.2, -0.15) is 0 Å². The number of anilines is 1. The Kier molecular flexibility index (Phi) is 4.48. The predicted octanol–water partition coefficient (Wildman–Crippen LogP) is 0.254. The van der Waals surface area contributed by atoms with Gasteiger partial charge in [-0.25, -0.2) is 15.0 Å². The fraction of sp³-hybridized carbons (Fsp3) is 0.706. The lowest BCUT2D eigenvalue weighted by molar-refractivity contribution is -0.759. The van der Waals surface area contributed by atoms with E-state index in [9.17, 15) is 20.3 Å². The van der Waals surface area contributed by atoms with Crippen molar-refractivity contribution in [2.24, 2.45) is 11.8 Å². The zero-order valence-electron chi connectivity index (χ0n) is 15.5. The van der Waals surface area contributed by atoms with Crippen molar-refractivity contribution in [2.75, 3.05) is 11.9 Å². The first-order valence-electron chi connectivity index (χ1n) is 9.74. The van der Waals surface area contributed by atoms with Crippen molar-refractivity contribution < 1.29 is 24.9 Å². The van der Waals surface area contributed by atoms with E-state index in [1.54, 1.807) is 0 Å². The van der Waals surface area contributed by atoms with E-state index in [-0.39, 0.29) is 0 Å². The zero-order chi connectivity index (χ0) is 20.1. The molecule has 29 heavy (non-hydrogen) atoms. The molecule has 3 unspecified atom stereocenters. The number of aliphatic hydroxyl groups excluding tert-OH is 2. The van der Waals surface area contributed by atoms with Gasteiger partial charge in [0.15, 0.2) is 23.2 Å².